The molecule has 1 aromatic heterocycles. The Morgan fingerprint density at radius 1 is 1.50 bits per heavy atom. The standard InChI is InChI=1S/C11H14ClNO4S/c1-11(2,3)17-10(16)13-7(9(14)15)8-6(12)4-5-18-8/h4-5,7H,1-3H3,(H,13,16)(H,14,15). The molecule has 1 rings (SSSR count). The summed E-state index contributed by atoms with van der Waals surface area (Å²) < 4.78 is 5.00. The number of carbonyl (C=O) groups is 2. The number of alkyl carbamates (subject to hydrolysis) is 1. The molecule has 5 nitrogen and oxygen atoms in total. The highest BCUT2D eigenvalue weighted by atomic mass is 35.5. The first-order valence-corrected chi connectivity index (χ1v) is 6.41. The summed E-state index contributed by atoms with van der Waals surface area (Å²) in [5, 5.41) is 13.3. The van der Waals surface area contributed by atoms with Crippen LogP contribution in [-0.4, -0.2) is 22.8 Å². The van der Waals surface area contributed by atoms with Crippen LogP contribution in [0.15, 0.2) is 11.4 Å². The molecule has 0 aromatic carbocycles. The normalized spacial score (nSPS) is 12.9. The number of carbonyl (C=O) groups excluding carboxylic acids is 1. The van der Waals surface area contributed by atoms with Gasteiger partial charge in [0.2, 0.25) is 0 Å². The fourth-order valence-electron chi connectivity index (χ4n) is 1.18. The molecule has 2 N–H and O–H groups in total. The molecule has 1 aromatic rings. The number of nitrogens with one attached hydrogen (secondary N) is 1. The minimum absolute atomic E-state index is 0.309. The predicted molar refractivity (Wildman–Crippen MR) is 69.1 cm³/mol. The molecule has 0 radical (unpaired) electrons. The molecule has 0 bridgehead atoms. The minimum atomic E-state index is -1.20. The maximum absolute atomic E-state index is 11.5. The van der Waals surface area contributed by atoms with Gasteiger partial charge in [0, 0.05) is 0 Å². The smallest absolute Gasteiger partial charge is 0.408 e. The Labute approximate surface area is 114 Å². The molecular weight excluding hydrogens is 278 g/mol. The zero-order valence-corrected chi connectivity index (χ0v) is 11.8. The van der Waals surface area contributed by atoms with Crippen LogP contribution in [0, 0.1) is 0 Å². The van der Waals surface area contributed by atoms with Gasteiger partial charge in [0.1, 0.15) is 5.60 Å². The first-order chi connectivity index (χ1) is 8.20. The van der Waals surface area contributed by atoms with Crippen LogP contribution in [0.25, 0.3) is 0 Å². The zero-order chi connectivity index (χ0) is 13.9. The summed E-state index contributed by atoms with van der Waals surface area (Å²) in [5.74, 6) is -1.19. The highest BCUT2D eigenvalue weighted by Gasteiger charge is 2.27. The van der Waals surface area contributed by atoms with E-state index in [0.29, 0.717) is 9.90 Å². The topological polar surface area (TPSA) is 75.6 Å². The number of hydrogen-bond acceptors (Lipinski definition) is 4. The van der Waals surface area contributed by atoms with E-state index in [-0.39, 0.29) is 0 Å². The fourth-order valence-corrected chi connectivity index (χ4v) is 2.38. The molecule has 0 aliphatic carbocycles. The lowest BCUT2D eigenvalue weighted by atomic mass is 10.2. The van der Waals surface area contributed by atoms with Gasteiger partial charge in [0.05, 0.1) is 9.90 Å². The van der Waals surface area contributed by atoms with E-state index in [9.17, 15) is 9.59 Å². The summed E-state index contributed by atoms with van der Waals surface area (Å²) in [5.41, 5.74) is -0.688. The number of thiophene rings is 1. The van der Waals surface area contributed by atoms with E-state index >= 15 is 0 Å². The fraction of sp³-hybridized carbons (Fsp3) is 0.455. The second-order valence-electron chi connectivity index (χ2n) is 4.55. The summed E-state index contributed by atoms with van der Waals surface area (Å²) in [6.07, 6.45) is -0.792. The van der Waals surface area contributed by atoms with E-state index < -0.39 is 23.7 Å². The van der Waals surface area contributed by atoms with E-state index in [2.05, 4.69) is 5.32 Å². The Morgan fingerprint density at radius 3 is 2.50 bits per heavy atom. The molecule has 0 fully saturated rings. The average molecular weight is 292 g/mol. The predicted octanol–water partition coefficient (Wildman–Crippen LogP) is 3.05. The zero-order valence-electron chi connectivity index (χ0n) is 10.2. The molecule has 1 unspecified atom stereocenters. The number of hydrogen-bond donors (Lipinski definition) is 2. The molecule has 0 saturated heterocycles. The molecule has 0 aliphatic rings. The van der Waals surface area contributed by atoms with Gasteiger partial charge in [-0.05, 0) is 32.2 Å². The van der Waals surface area contributed by atoms with E-state index in [4.69, 9.17) is 21.4 Å². The maximum atomic E-state index is 11.5. The number of aliphatic carboxylic acids is 1. The Balaban J connectivity index is 2.80. The van der Waals surface area contributed by atoms with Crippen molar-refractivity contribution < 1.29 is 19.4 Å². The summed E-state index contributed by atoms with van der Waals surface area (Å²) in [4.78, 5) is 23.0. The van der Waals surface area contributed by atoms with Gasteiger partial charge in [-0.1, -0.05) is 11.6 Å². The molecule has 0 spiro atoms. The monoisotopic (exact) mass is 291 g/mol. The van der Waals surface area contributed by atoms with Crippen LogP contribution >= 0.6 is 22.9 Å². The van der Waals surface area contributed by atoms with Crippen LogP contribution in [0.2, 0.25) is 5.02 Å². The molecule has 1 amide bonds. The Morgan fingerprint density at radius 2 is 2.11 bits per heavy atom. The van der Waals surface area contributed by atoms with Crippen molar-refractivity contribution in [2.45, 2.75) is 32.4 Å². The molecule has 0 aliphatic heterocycles. The number of carboxylic acids is 1. The highest BCUT2D eigenvalue weighted by molar-refractivity contribution is 7.10. The van der Waals surface area contributed by atoms with Crippen LogP contribution in [0.3, 0.4) is 0 Å². The van der Waals surface area contributed by atoms with Crippen LogP contribution < -0.4 is 5.32 Å². The number of ether oxygens (including phenoxy) is 1. The van der Waals surface area contributed by atoms with Gasteiger partial charge in [-0.3, -0.25) is 0 Å². The van der Waals surface area contributed by atoms with Crippen molar-refractivity contribution in [2.75, 3.05) is 0 Å². The first-order valence-electron chi connectivity index (χ1n) is 5.16. The number of carboxylic acid groups (broad SMARTS) is 1. The van der Waals surface area contributed by atoms with Gasteiger partial charge in [-0.15, -0.1) is 11.3 Å². The van der Waals surface area contributed by atoms with Gasteiger partial charge in [0.15, 0.2) is 6.04 Å². The van der Waals surface area contributed by atoms with Gasteiger partial charge in [0.25, 0.3) is 0 Å². The maximum Gasteiger partial charge on any atom is 0.408 e. The average Bonchev–Trinajstić information content (AvgIpc) is 2.57. The highest BCUT2D eigenvalue weighted by Crippen LogP contribution is 2.29. The molecular formula is C11H14ClNO4S. The number of amides is 1. The van der Waals surface area contributed by atoms with Crippen molar-refractivity contribution >= 4 is 35.0 Å². The van der Waals surface area contributed by atoms with Crippen molar-refractivity contribution in [1.82, 2.24) is 5.32 Å². The summed E-state index contributed by atoms with van der Waals surface area (Å²) >= 11 is 7.01. The van der Waals surface area contributed by atoms with Crippen molar-refractivity contribution in [2.24, 2.45) is 0 Å². The number of rotatable bonds is 3. The summed E-state index contributed by atoms with van der Waals surface area (Å²) in [6, 6.07) is 0.376. The van der Waals surface area contributed by atoms with Crippen molar-refractivity contribution in [3.8, 4) is 0 Å². The van der Waals surface area contributed by atoms with Gasteiger partial charge >= 0.3 is 12.1 Å². The van der Waals surface area contributed by atoms with Crippen molar-refractivity contribution in [1.29, 1.82) is 0 Å². The second-order valence-corrected chi connectivity index (χ2v) is 5.91. The lowest BCUT2D eigenvalue weighted by molar-refractivity contribution is -0.139. The van der Waals surface area contributed by atoms with E-state index in [0.717, 1.165) is 11.3 Å². The molecule has 7 heteroatoms. The van der Waals surface area contributed by atoms with Crippen molar-refractivity contribution in [3.05, 3.63) is 21.3 Å². The number of halogens is 1. The third-order valence-electron chi connectivity index (χ3n) is 1.81. The van der Waals surface area contributed by atoms with E-state index in [1.807, 2.05) is 0 Å². The van der Waals surface area contributed by atoms with Crippen LogP contribution in [0.5, 0.6) is 0 Å². The Hall–Kier alpha value is -1.27. The quantitative estimate of drug-likeness (QED) is 0.897. The van der Waals surface area contributed by atoms with Crippen molar-refractivity contribution in [3.63, 3.8) is 0 Å². The largest absolute Gasteiger partial charge is 0.479 e. The van der Waals surface area contributed by atoms with Gasteiger partial charge in [-0.25, -0.2) is 9.59 Å². The molecule has 1 atom stereocenters. The SMILES string of the molecule is CC(C)(C)OC(=O)NC(C(=O)O)c1sccc1Cl. The molecule has 1 heterocycles. The van der Waals surface area contributed by atoms with Crippen LogP contribution in [-0.2, 0) is 9.53 Å². The molecule has 18 heavy (non-hydrogen) atoms. The molecule has 100 valence electrons. The third kappa shape index (κ3) is 4.19. The van der Waals surface area contributed by atoms with Crippen LogP contribution in [0.1, 0.15) is 31.7 Å². The van der Waals surface area contributed by atoms with Crippen LogP contribution in [0.4, 0.5) is 4.79 Å². The lowest BCUT2D eigenvalue weighted by Gasteiger charge is -2.21. The van der Waals surface area contributed by atoms with E-state index in [1.54, 1.807) is 32.2 Å². The van der Waals surface area contributed by atoms with E-state index in [1.165, 1.54) is 0 Å². The lowest BCUT2D eigenvalue weighted by Crippen LogP contribution is -2.37. The summed E-state index contributed by atoms with van der Waals surface area (Å²) in [7, 11) is 0. The summed E-state index contributed by atoms with van der Waals surface area (Å²) in [6.45, 7) is 5.08. The Kier molecular flexibility index (Phi) is 4.59. The minimum Gasteiger partial charge on any atom is -0.479 e. The van der Waals surface area contributed by atoms with Gasteiger partial charge in [-0.2, -0.15) is 0 Å². The molecule has 0 saturated carbocycles. The second kappa shape index (κ2) is 5.58. The Bertz CT molecular complexity index is 452. The van der Waals surface area contributed by atoms with Gasteiger partial charge < -0.3 is 15.2 Å². The first kappa shape index (κ1) is 14.8. The third-order valence-corrected chi connectivity index (χ3v) is 3.24.